The van der Waals surface area contributed by atoms with E-state index >= 15 is 0 Å². The van der Waals surface area contributed by atoms with Crippen molar-refractivity contribution in [3.63, 3.8) is 0 Å². The summed E-state index contributed by atoms with van der Waals surface area (Å²) in [6.45, 7) is 6.29. The number of hydrogen-bond acceptors (Lipinski definition) is 4. The fourth-order valence-electron chi connectivity index (χ4n) is 1.34. The topological polar surface area (TPSA) is 30.5 Å². The summed E-state index contributed by atoms with van der Waals surface area (Å²) in [4.78, 5) is 2.78. The Kier molecular flexibility index (Phi) is 7.42. The molecule has 16 heavy (non-hydrogen) atoms. The summed E-state index contributed by atoms with van der Waals surface area (Å²) in [5.74, 6) is 0. The van der Waals surface area contributed by atoms with Crippen LogP contribution >= 0.6 is 11.3 Å². The Morgan fingerprint density at radius 1 is 1.25 bits per heavy atom. The smallest absolute Gasteiger partial charge is 0.0700 e. The third-order valence-corrected chi connectivity index (χ3v) is 3.17. The Hall–Kier alpha value is -0.420. The molecule has 0 fully saturated rings. The highest BCUT2D eigenvalue weighted by Gasteiger charge is 1.95. The normalized spacial score (nSPS) is 10.9. The molecule has 1 heterocycles. The van der Waals surface area contributed by atoms with Crippen LogP contribution in [0.5, 0.6) is 0 Å². The Balaban J connectivity index is 1.88. The second-order valence-electron chi connectivity index (χ2n) is 3.65. The maximum absolute atomic E-state index is 5.37. The van der Waals surface area contributed by atoms with Gasteiger partial charge >= 0.3 is 0 Å². The van der Waals surface area contributed by atoms with Crippen LogP contribution in [0.4, 0.5) is 0 Å². The van der Waals surface area contributed by atoms with Gasteiger partial charge in [0.1, 0.15) is 0 Å². The van der Waals surface area contributed by atoms with Crippen molar-refractivity contribution in [3.05, 3.63) is 21.9 Å². The molecule has 3 nitrogen and oxygen atoms in total. The largest absolute Gasteiger partial charge is 0.382 e. The first-order chi connectivity index (χ1) is 7.83. The molecule has 1 N–H and O–H groups in total. The van der Waals surface area contributed by atoms with Gasteiger partial charge in [-0.15, -0.1) is 11.3 Å². The summed E-state index contributed by atoms with van der Waals surface area (Å²) < 4.78 is 10.3. The van der Waals surface area contributed by atoms with Crippen LogP contribution in [0, 0.1) is 6.92 Å². The minimum absolute atomic E-state index is 0.682. The van der Waals surface area contributed by atoms with Crippen molar-refractivity contribution in [1.82, 2.24) is 5.32 Å². The van der Waals surface area contributed by atoms with Crippen molar-refractivity contribution in [1.29, 1.82) is 0 Å². The predicted octanol–water partition coefficient (Wildman–Crippen LogP) is 2.20. The molecule has 0 atom stereocenters. The third-order valence-electron chi connectivity index (χ3n) is 2.17. The number of ether oxygens (including phenoxy) is 2. The molecule has 4 heteroatoms. The van der Waals surface area contributed by atoms with Gasteiger partial charge in [0.2, 0.25) is 0 Å². The zero-order valence-corrected chi connectivity index (χ0v) is 10.9. The van der Waals surface area contributed by atoms with E-state index in [1.165, 1.54) is 9.75 Å². The zero-order chi connectivity index (χ0) is 11.6. The third kappa shape index (κ3) is 6.23. The van der Waals surface area contributed by atoms with E-state index in [0.717, 1.165) is 26.1 Å². The SMILES string of the molecule is COCCOCCCNCc1ccc(C)s1. The average Bonchev–Trinajstić information content (AvgIpc) is 2.68. The van der Waals surface area contributed by atoms with Gasteiger partial charge < -0.3 is 14.8 Å². The number of rotatable bonds is 9. The average molecular weight is 243 g/mol. The van der Waals surface area contributed by atoms with E-state index in [2.05, 4.69) is 24.4 Å². The van der Waals surface area contributed by atoms with Crippen molar-refractivity contribution in [3.8, 4) is 0 Å². The summed E-state index contributed by atoms with van der Waals surface area (Å²) in [6, 6.07) is 4.34. The first kappa shape index (κ1) is 13.6. The van der Waals surface area contributed by atoms with E-state index in [1.807, 2.05) is 11.3 Å². The van der Waals surface area contributed by atoms with E-state index in [1.54, 1.807) is 7.11 Å². The molecule has 0 spiro atoms. The number of methoxy groups -OCH3 is 1. The van der Waals surface area contributed by atoms with Gasteiger partial charge in [0.05, 0.1) is 13.2 Å². The molecule has 0 bridgehead atoms. The number of hydrogen-bond donors (Lipinski definition) is 1. The van der Waals surface area contributed by atoms with Gasteiger partial charge in [-0.25, -0.2) is 0 Å². The van der Waals surface area contributed by atoms with E-state index in [-0.39, 0.29) is 0 Å². The number of thiophene rings is 1. The minimum atomic E-state index is 0.682. The van der Waals surface area contributed by atoms with Gasteiger partial charge in [-0.2, -0.15) is 0 Å². The van der Waals surface area contributed by atoms with Crippen LogP contribution in [0.1, 0.15) is 16.2 Å². The van der Waals surface area contributed by atoms with Crippen LogP contribution in [-0.2, 0) is 16.0 Å². The first-order valence-corrected chi connectivity index (χ1v) is 6.47. The molecule has 0 aliphatic heterocycles. The lowest BCUT2D eigenvalue weighted by Gasteiger charge is -2.04. The quantitative estimate of drug-likeness (QED) is 0.674. The summed E-state index contributed by atoms with van der Waals surface area (Å²) in [5.41, 5.74) is 0. The number of aryl methyl sites for hydroxylation is 1. The van der Waals surface area contributed by atoms with Crippen molar-refractivity contribution >= 4 is 11.3 Å². The van der Waals surface area contributed by atoms with Crippen molar-refractivity contribution < 1.29 is 9.47 Å². The first-order valence-electron chi connectivity index (χ1n) is 5.65. The maximum Gasteiger partial charge on any atom is 0.0700 e. The summed E-state index contributed by atoms with van der Waals surface area (Å²) >= 11 is 1.85. The summed E-state index contributed by atoms with van der Waals surface area (Å²) in [6.07, 6.45) is 1.05. The van der Waals surface area contributed by atoms with Crippen LogP contribution in [0.2, 0.25) is 0 Å². The highest BCUT2D eigenvalue weighted by Crippen LogP contribution is 2.14. The highest BCUT2D eigenvalue weighted by atomic mass is 32.1. The van der Waals surface area contributed by atoms with E-state index < -0.39 is 0 Å². The lowest BCUT2D eigenvalue weighted by molar-refractivity contribution is 0.0695. The predicted molar refractivity (Wildman–Crippen MR) is 68.1 cm³/mol. The molecule has 0 amide bonds. The molecule has 1 aromatic heterocycles. The van der Waals surface area contributed by atoms with Crippen LogP contribution in [-0.4, -0.2) is 33.5 Å². The molecule has 0 aliphatic carbocycles. The van der Waals surface area contributed by atoms with Crippen molar-refractivity contribution in [2.75, 3.05) is 33.5 Å². The van der Waals surface area contributed by atoms with Gasteiger partial charge in [0.25, 0.3) is 0 Å². The van der Waals surface area contributed by atoms with Crippen molar-refractivity contribution in [2.45, 2.75) is 19.9 Å². The Morgan fingerprint density at radius 3 is 2.81 bits per heavy atom. The monoisotopic (exact) mass is 243 g/mol. The second kappa shape index (κ2) is 8.70. The molecular formula is C12H21NO2S. The molecule has 0 radical (unpaired) electrons. The molecular weight excluding hydrogens is 222 g/mol. The van der Waals surface area contributed by atoms with E-state index in [9.17, 15) is 0 Å². The lowest BCUT2D eigenvalue weighted by atomic mass is 10.4. The van der Waals surface area contributed by atoms with E-state index in [4.69, 9.17) is 9.47 Å². The fraction of sp³-hybridized carbons (Fsp3) is 0.667. The van der Waals surface area contributed by atoms with Crippen LogP contribution in [0.15, 0.2) is 12.1 Å². The zero-order valence-electron chi connectivity index (χ0n) is 10.1. The molecule has 0 aliphatic rings. The van der Waals surface area contributed by atoms with Crippen LogP contribution < -0.4 is 5.32 Å². The molecule has 0 aromatic carbocycles. The second-order valence-corrected chi connectivity index (χ2v) is 5.02. The lowest BCUT2D eigenvalue weighted by Crippen LogP contribution is -2.16. The molecule has 0 unspecified atom stereocenters. The molecule has 1 rings (SSSR count). The fourth-order valence-corrected chi connectivity index (χ4v) is 2.20. The van der Waals surface area contributed by atoms with Gasteiger partial charge in [0, 0.05) is 30.0 Å². The summed E-state index contributed by atoms with van der Waals surface area (Å²) in [7, 11) is 1.69. The molecule has 1 aromatic rings. The Labute approximate surface area is 102 Å². The standard InChI is InChI=1S/C12H21NO2S/c1-11-4-5-12(16-11)10-13-6-3-7-15-9-8-14-2/h4-5,13H,3,6-10H2,1-2H3. The summed E-state index contributed by atoms with van der Waals surface area (Å²) in [5, 5.41) is 3.41. The Bertz CT molecular complexity index is 276. The van der Waals surface area contributed by atoms with Crippen LogP contribution in [0.25, 0.3) is 0 Å². The minimum Gasteiger partial charge on any atom is -0.382 e. The maximum atomic E-state index is 5.37. The van der Waals surface area contributed by atoms with Crippen LogP contribution in [0.3, 0.4) is 0 Å². The van der Waals surface area contributed by atoms with Crippen molar-refractivity contribution in [2.24, 2.45) is 0 Å². The van der Waals surface area contributed by atoms with Gasteiger partial charge in [-0.3, -0.25) is 0 Å². The van der Waals surface area contributed by atoms with Gasteiger partial charge in [-0.1, -0.05) is 0 Å². The molecule has 0 saturated heterocycles. The van der Waals surface area contributed by atoms with E-state index in [0.29, 0.717) is 13.2 Å². The van der Waals surface area contributed by atoms with Gasteiger partial charge in [-0.05, 0) is 32.0 Å². The Morgan fingerprint density at radius 2 is 2.12 bits per heavy atom. The number of nitrogens with one attached hydrogen (secondary N) is 1. The van der Waals surface area contributed by atoms with Gasteiger partial charge in [0.15, 0.2) is 0 Å². The molecule has 92 valence electrons. The highest BCUT2D eigenvalue weighted by molar-refractivity contribution is 7.11. The molecule has 0 saturated carbocycles.